The van der Waals surface area contributed by atoms with E-state index in [1.807, 2.05) is 0 Å². The summed E-state index contributed by atoms with van der Waals surface area (Å²) in [7, 11) is -3.61. The van der Waals surface area contributed by atoms with Crippen molar-refractivity contribution in [3.8, 4) is 0 Å². The third-order valence-electron chi connectivity index (χ3n) is 5.78. The van der Waals surface area contributed by atoms with E-state index in [4.69, 9.17) is 0 Å². The van der Waals surface area contributed by atoms with Gasteiger partial charge in [0.2, 0.25) is 15.9 Å². The molecule has 2 saturated heterocycles. The summed E-state index contributed by atoms with van der Waals surface area (Å²) >= 11 is 0. The monoisotopic (exact) mass is 443 g/mol. The lowest BCUT2D eigenvalue weighted by Crippen LogP contribution is -2.54. The summed E-state index contributed by atoms with van der Waals surface area (Å²) < 4.78 is 27.3. The van der Waals surface area contributed by atoms with E-state index >= 15 is 0 Å². The predicted molar refractivity (Wildman–Crippen MR) is 112 cm³/mol. The summed E-state index contributed by atoms with van der Waals surface area (Å²) in [6.45, 7) is 2.29. The summed E-state index contributed by atoms with van der Waals surface area (Å²) in [5.41, 5.74) is 0.288. The number of piperazine rings is 1. The Bertz CT molecular complexity index is 1020. The molecule has 31 heavy (non-hydrogen) atoms. The highest BCUT2D eigenvalue weighted by Gasteiger charge is 2.36. The molecule has 3 heterocycles. The summed E-state index contributed by atoms with van der Waals surface area (Å²) in [6, 6.07) is 8.32. The van der Waals surface area contributed by atoms with Gasteiger partial charge in [-0.2, -0.15) is 4.31 Å². The van der Waals surface area contributed by atoms with Gasteiger partial charge in [0.15, 0.2) is 0 Å². The van der Waals surface area contributed by atoms with Crippen LogP contribution in [0.25, 0.3) is 0 Å². The highest BCUT2D eigenvalue weighted by molar-refractivity contribution is 7.89. The van der Waals surface area contributed by atoms with Crippen molar-refractivity contribution in [2.75, 3.05) is 39.3 Å². The first kappa shape index (κ1) is 21.4. The molecule has 4 rings (SSSR count). The minimum Gasteiger partial charge on any atom is -0.339 e. The van der Waals surface area contributed by atoms with Gasteiger partial charge in [-0.15, -0.1) is 0 Å². The number of carbonyl (C=O) groups is 2. The number of sulfonamides is 1. The molecule has 0 bridgehead atoms. The van der Waals surface area contributed by atoms with Crippen LogP contribution in [0.4, 0.5) is 0 Å². The van der Waals surface area contributed by atoms with Gasteiger partial charge in [0.05, 0.1) is 17.0 Å². The van der Waals surface area contributed by atoms with Gasteiger partial charge in [-0.3, -0.25) is 14.6 Å². The van der Waals surface area contributed by atoms with Gasteiger partial charge >= 0.3 is 0 Å². The van der Waals surface area contributed by atoms with Crippen LogP contribution in [0.5, 0.6) is 0 Å². The van der Waals surface area contributed by atoms with Gasteiger partial charge in [-0.1, -0.05) is 18.2 Å². The second kappa shape index (κ2) is 9.11. The highest BCUT2D eigenvalue weighted by Crippen LogP contribution is 2.25. The molecule has 0 radical (unpaired) electrons. The standard InChI is InChI=1S/C21H25N5O4S/c27-20(24-11-13-25(14-12-24)21(28)19-15-22-8-9-23-19)17-5-4-10-26(16-17)31(29,30)18-6-2-1-3-7-18/h1-3,6-9,15,17H,4-5,10-14,16H2. The molecule has 1 unspecified atom stereocenters. The number of nitrogens with zero attached hydrogens (tertiary/aromatic N) is 5. The fraction of sp³-hybridized carbons (Fsp3) is 0.429. The molecule has 0 spiro atoms. The number of aromatic nitrogens is 2. The van der Waals surface area contributed by atoms with E-state index in [-0.39, 0.29) is 34.9 Å². The van der Waals surface area contributed by atoms with Gasteiger partial charge in [-0.05, 0) is 25.0 Å². The van der Waals surface area contributed by atoms with Crippen LogP contribution in [0.2, 0.25) is 0 Å². The molecule has 164 valence electrons. The molecule has 0 saturated carbocycles. The Morgan fingerprint density at radius 2 is 1.65 bits per heavy atom. The largest absolute Gasteiger partial charge is 0.339 e. The van der Waals surface area contributed by atoms with Gasteiger partial charge < -0.3 is 9.80 Å². The summed E-state index contributed by atoms with van der Waals surface area (Å²) in [5.74, 6) is -0.605. The van der Waals surface area contributed by atoms with E-state index in [2.05, 4.69) is 9.97 Å². The second-order valence-electron chi connectivity index (χ2n) is 7.72. The summed E-state index contributed by atoms with van der Waals surface area (Å²) in [6.07, 6.45) is 5.74. The molecule has 9 nitrogen and oxygen atoms in total. The number of hydrogen-bond donors (Lipinski definition) is 0. The smallest absolute Gasteiger partial charge is 0.274 e. The topological polar surface area (TPSA) is 104 Å². The zero-order valence-electron chi connectivity index (χ0n) is 17.1. The lowest BCUT2D eigenvalue weighted by Gasteiger charge is -2.38. The molecular formula is C21H25N5O4S. The first-order valence-electron chi connectivity index (χ1n) is 10.4. The van der Waals surface area contributed by atoms with Crippen molar-refractivity contribution < 1.29 is 18.0 Å². The minimum absolute atomic E-state index is 0.0421. The molecule has 2 aromatic rings. The highest BCUT2D eigenvalue weighted by atomic mass is 32.2. The SMILES string of the molecule is O=C(c1cnccn1)N1CCN(C(=O)C2CCCN(S(=O)(=O)c3ccccc3)C2)CC1. The van der Waals surface area contributed by atoms with Crippen LogP contribution in [0.3, 0.4) is 0 Å². The summed E-state index contributed by atoms with van der Waals surface area (Å²) in [4.78, 5) is 37.2. The molecular weight excluding hydrogens is 418 g/mol. The molecule has 2 aliphatic heterocycles. The first-order chi connectivity index (χ1) is 15.0. The lowest BCUT2D eigenvalue weighted by atomic mass is 9.97. The van der Waals surface area contributed by atoms with Gasteiger partial charge in [-0.25, -0.2) is 13.4 Å². The summed E-state index contributed by atoms with van der Waals surface area (Å²) in [5, 5.41) is 0. The van der Waals surface area contributed by atoms with E-state index in [1.165, 1.54) is 22.9 Å². The van der Waals surface area contributed by atoms with Crippen molar-refractivity contribution in [1.29, 1.82) is 0 Å². The van der Waals surface area contributed by atoms with Crippen LogP contribution in [-0.2, 0) is 14.8 Å². The van der Waals surface area contributed by atoms with Gasteiger partial charge in [0, 0.05) is 51.7 Å². The molecule has 2 amide bonds. The van der Waals surface area contributed by atoms with Gasteiger partial charge in [0.25, 0.3) is 5.91 Å². The molecule has 1 aromatic carbocycles. The van der Waals surface area contributed by atoms with Crippen LogP contribution < -0.4 is 0 Å². The van der Waals surface area contributed by atoms with E-state index in [0.29, 0.717) is 45.6 Å². The zero-order chi connectivity index (χ0) is 21.8. The molecule has 1 atom stereocenters. The maximum Gasteiger partial charge on any atom is 0.274 e. The fourth-order valence-electron chi connectivity index (χ4n) is 4.06. The number of amides is 2. The maximum absolute atomic E-state index is 13.1. The van der Waals surface area contributed by atoms with Crippen LogP contribution >= 0.6 is 0 Å². The third-order valence-corrected chi connectivity index (χ3v) is 7.65. The van der Waals surface area contributed by atoms with Crippen molar-refractivity contribution in [3.63, 3.8) is 0 Å². The molecule has 0 N–H and O–H groups in total. The average Bonchev–Trinajstić information content (AvgIpc) is 2.84. The molecule has 0 aliphatic carbocycles. The van der Waals surface area contributed by atoms with Crippen LogP contribution in [-0.4, -0.2) is 83.6 Å². The lowest BCUT2D eigenvalue weighted by molar-refractivity contribution is -0.138. The molecule has 10 heteroatoms. The van der Waals surface area contributed by atoms with Crippen LogP contribution in [0.1, 0.15) is 23.3 Å². The Morgan fingerprint density at radius 1 is 0.935 bits per heavy atom. The van der Waals surface area contributed by atoms with Gasteiger partial charge in [0.1, 0.15) is 5.69 Å². The van der Waals surface area contributed by atoms with E-state index < -0.39 is 10.0 Å². The van der Waals surface area contributed by atoms with Crippen molar-refractivity contribution in [2.24, 2.45) is 5.92 Å². The van der Waals surface area contributed by atoms with E-state index in [9.17, 15) is 18.0 Å². The molecule has 2 fully saturated rings. The average molecular weight is 444 g/mol. The normalized spacial score (nSPS) is 20.5. The Morgan fingerprint density at radius 3 is 2.32 bits per heavy atom. The zero-order valence-corrected chi connectivity index (χ0v) is 17.9. The van der Waals surface area contributed by atoms with Crippen LogP contribution in [0, 0.1) is 5.92 Å². The third kappa shape index (κ3) is 4.59. The van der Waals surface area contributed by atoms with E-state index in [0.717, 1.165) is 0 Å². The molecule has 2 aliphatic rings. The Balaban J connectivity index is 1.36. The minimum atomic E-state index is -3.61. The number of carbonyl (C=O) groups excluding carboxylic acids is 2. The Labute approximate surface area is 181 Å². The molecule has 1 aromatic heterocycles. The second-order valence-corrected chi connectivity index (χ2v) is 9.66. The maximum atomic E-state index is 13.1. The number of rotatable bonds is 4. The number of hydrogen-bond acceptors (Lipinski definition) is 6. The van der Waals surface area contributed by atoms with Crippen molar-refractivity contribution >= 4 is 21.8 Å². The number of benzene rings is 1. The Hall–Kier alpha value is -2.85. The van der Waals surface area contributed by atoms with Crippen molar-refractivity contribution in [2.45, 2.75) is 17.7 Å². The number of piperidine rings is 1. The van der Waals surface area contributed by atoms with Crippen molar-refractivity contribution in [1.82, 2.24) is 24.1 Å². The quantitative estimate of drug-likeness (QED) is 0.694. The first-order valence-corrected chi connectivity index (χ1v) is 11.8. The van der Waals surface area contributed by atoms with E-state index in [1.54, 1.807) is 40.1 Å². The predicted octanol–water partition coefficient (Wildman–Crippen LogP) is 0.862. The Kier molecular flexibility index (Phi) is 6.28. The van der Waals surface area contributed by atoms with Crippen LogP contribution in [0.15, 0.2) is 53.8 Å². The fourth-order valence-corrected chi connectivity index (χ4v) is 5.61. The van der Waals surface area contributed by atoms with Crippen molar-refractivity contribution in [3.05, 3.63) is 54.6 Å².